The number of aryl methyl sites for hydroxylation is 2. The van der Waals surface area contributed by atoms with Gasteiger partial charge in [0.25, 0.3) is 0 Å². The van der Waals surface area contributed by atoms with Crippen LogP contribution in [-0.4, -0.2) is 26.7 Å². The van der Waals surface area contributed by atoms with Crippen molar-refractivity contribution in [1.82, 2.24) is 0 Å². The predicted molar refractivity (Wildman–Crippen MR) is 94.2 cm³/mol. The number of hydrogen-bond acceptors (Lipinski definition) is 4. The molecule has 1 amide bonds. The molecule has 0 saturated carbocycles. The Bertz CT molecular complexity index is 713. The third-order valence-electron chi connectivity index (χ3n) is 3.60. The Labute approximate surface area is 142 Å². The van der Waals surface area contributed by atoms with Gasteiger partial charge in [-0.1, -0.05) is 17.7 Å². The van der Waals surface area contributed by atoms with Crippen molar-refractivity contribution in [2.75, 3.05) is 26.1 Å². The van der Waals surface area contributed by atoms with Crippen LogP contribution in [0.4, 0.5) is 5.69 Å². The van der Waals surface area contributed by atoms with Gasteiger partial charge in [0.2, 0.25) is 5.91 Å². The van der Waals surface area contributed by atoms with Crippen LogP contribution in [0.3, 0.4) is 0 Å². The molecule has 24 heavy (non-hydrogen) atoms. The minimum absolute atomic E-state index is 0.136. The van der Waals surface area contributed by atoms with Crippen molar-refractivity contribution >= 4 is 11.6 Å². The van der Waals surface area contributed by atoms with Gasteiger partial charge in [0.1, 0.15) is 17.2 Å². The van der Waals surface area contributed by atoms with Gasteiger partial charge in [0.05, 0.1) is 32.9 Å². The molecule has 0 aliphatic carbocycles. The maximum atomic E-state index is 12.1. The van der Waals surface area contributed by atoms with Gasteiger partial charge in [-0.15, -0.1) is 0 Å². The van der Waals surface area contributed by atoms with Crippen LogP contribution in [0.1, 0.15) is 17.5 Å². The molecule has 0 aliphatic heterocycles. The van der Waals surface area contributed by atoms with Gasteiger partial charge in [-0.25, -0.2) is 0 Å². The van der Waals surface area contributed by atoms with Gasteiger partial charge < -0.3 is 19.5 Å². The van der Waals surface area contributed by atoms with Gasteiger partial charge in [0.15, 0.2) is 0 Å². The molecular weight excluding hydrogens is 306 g/mol. The van der Waals surface area contributed by atoms with Gasteiger partial charge >= 0.3 is 0 Å². The van der Waals surface area contributed by atoms with Crippen molar-refractivity contribution in [2.45, 2.75) is 20.3 Å². The third-order valence-corrected chi connectivity index (χ3v) is 3.60. The van der Waals surface area contributed by atoms with E-state index in [0.29, 0.717) is 23.8 Å². The molecule has 5 heteroatoms. The molecule has 0 atom stereocenters. The molecule has 2 aromatic carbocycles. The first-order valence-electron chi connectivity index (χ1n) is 7.75. The molecule has 0 spiro atoms. The molecule has 2 rings (SSSR count). The summed E-state index contributed by atoms with van der Waals surface area (Å²) in [6, 6.07) is 11.2. The highest BCUT2D eigenvalue weighted by Crippen LogP contribution is 2.29. The number of ether oxygens (including phenoxy) is 3. The normalized spacial score (nSPS) is 10.2. The number of rotatable bonds is 7. The smallest absolute Gasteiger partial charge is 0.227 e. The molecule has 1 N–H and O–H groups in total. The van der Waals surface area contributed by atoms with Crippen molar-refractivity contribution in [3.05, 3.63) is 47.5 Å². The van der Waals surface area contributed by atoms with Gasteiger partial charge in [-0.2, -0.15) is 0 Å². The second kappa shape index (κ2) is 8.24. The van der Waals surface area contributed by atoms with Gasteiger partial charge in [-0.3, -0.25) is 4.79 Å². The van der Waals surface area contributed by atoms with E-state index in [0.717, 1.165) is 11.3 Å². The van der Waals surface area contributed by atoms with Crippen molar-refractivity contribution in [3.8, 4) is 17.2 Å². The highest BCUT2D eigenvalue weighted by Gasteiger charge is 2.09. The van der Waals surface area contributed by atoms with Crippen LogP contribution in [0.5, 0.6) is 17.2 Å². The molecule has 0 radical (unpaired) electrons. The van der Waals surface area contributed by atoms with Crippen LogP contribution in [-0.2, 0) is 4.79 Å². The van der Waals surface area contributed by atoms with E-state index in [4.69, 9.17) is 14.2 Å². The zero-order valence-corrected chi connectivity index (χ0v) is 14.5. The Morgan fingerprint density at radius 1 is 1.00 bits per heavy atom. The van der Waals surface area contributed by atoms with E-state index in [2.05, 4.69) is 11.4 Å². The van der Waals surface area contributed by atoms with E-state index in [1.54, 1.807) is 32.4 Å². The number of benzene rings is 2. The molecule has 0 aliphatic rings. The average Bonchev–Trinajstić information content (AvgIpc) is 2.57. The van der Waals surface area contributed by atoms with E-state index in [-0.39, 0.29) is 12.3 Å². The number of methoxy groups -OCH3 is 2. The maximum absolute atomic E-state index is 12.1. The summed E-state index contributed by atoms with van der Waals surface area (Å²) in [5, 5.41) is 2.82. The highest BCUT2D eigenvalue weighted by atomic mass is 16.5. The fraction of sp³-hybridized carbons (Fsp3) is 0.316. The van der Waals surface area contributed by atoms with Crippen molar-refractivity contribution in [1.29, 1.82) is 0 Å². The molecule has 5 nitrogen and oxygen atoms in total. The lowest BCUT2D eigenvalue weighted by Crippen LogP contribution is -2.16. The Morgan fingerprint density at radius 3 is 2.46 bits per heavy atom. The van der Waals surface area contributed by atoms with E-state index >= 15 is 0 Å². The van der Waals surface area contributed by atoms with Crippen LogP contribution in [0, 0.1) is 13.8 Å². The molecular formula is C19H23NO4. The number of amides is 1. The van der Waals surface area contributed by atoms with E-state index in [1.165, 1.54) is 5.56 Å². The first kappa shape index (κ1) is 17.7. The molecule has 0 aromatic heterocycles. The number of carbonyl (C=O) groups excluding carboxylic acids is 1. The first-order chi connectivity index (χ1) is 11.5. The minimum atomic E-state index is -0.136. The molecule has 0 saturated heterocycles. The lowest BCUT2D eigenvalue weighted by Gasteiger charge is -2.12. The summed E-state index contributed by atoms with van der Waals surface area (Å²) in [5.41, 5.74) is 2.85. The van der Waals surface area contributed by atoms with E-state index in [1.807, 2.05) is 26.0 Å². The Morgan fingerprint density at radius 2 is 1.79 bits per heavy atom. The lowest BCUT2D eigenvalue weighted by atomic mass is 10.1. The molecule has 0 heterocycles. The van der Waals surface area contributed by atoms with Crippen LogP contribution in [0.2, 0.25) is 0 Å². The van der Waals surface area contributed by atoms with Gasteiger partial charge in [0, 0.05) is 6.07 Å². The predicted octanol–water partition coefficient (Wildman–Crippen LogP) is 3.73. The summed E-state index contributed by atoms with van der Waals surface area (Å²) in [5.74, 6) is 1.89. The average molecular weight is 329 g/mol. The number of carbonyl (C=O) groups is 1. The largest absolute Gasteiger partial charge is 0.497 e. The summed E-state index contributed by atoms with van der Waals surface area (Å²) in [6.07, 6.45) is 0.252. The first-order valence-corrected chi connectivity index (χ1v) is 7.75. The topological polar surface area (TPSA) is 56.8 Å². The lowest BCUT2D eigenvalue weighted by molar-refractivity contribution is -0.116. The molecule has 0 bridgehead atoms. The molecule has 0 unspecified atom stereocenters. The Hall–Kier alpha value is -2.69. The summed E-state index contributed by atoms with van der Waals surface area (Å²) in [4.78, 5) is 12.1. The number of anilines is 1. The van der Waals surface area contributed by atoms with Crippen LogP contribution >= 0.6 is 0 Å². The third kappa shape index (κ3) is 4.65. The van der Waals surface area contributed by atoms with Crippen molar-refractivity contribution in [3.63, 3.8) is 0 Å². The van der Waals surface area contributed by atoms with Crippen molar-refractivity contribution < 1.29 is 19.0 Å². The number of nitrogens with one attached hydrogen (secondary N) is 1. The highest BCUT2D eigenvalue weighted by molar-refractivity contribution is 5.92. The van der Waals surface area contributed by atoms with Crippen LogP contribution in [0.25, 0.3) is 0 Å². The summed E-state index contributed by atoms with van der Waals surface area (Å²) >= 11 is 0. The maximum Gasteiger partial charge on any atom is 0.227 e. The fourth-order valence-corrected chi connectivity index (χ4v) is 2.33. The summed E-state index contributed by atoms with van der Waals surface area (Å²) in [7, 11) is 3.13. The zero-order chi connectivity index (χ0) is 17.5. The minimum Gasteiger partial charge on any atom is -0.497 e. The van der Waals surface area contributed by atoms with Crippen molar-refractivity contribution in [2.24, 2.45) is 0 Å². The SMILES string of the molecule is COc1ccc(NC(=O)CCOc2ccc(C)cc2C)c(OC)c1. The zero-order valence-electron chi connectivity index (χ0n) is 14.5. The fourth-order valence-electron chi connectivity index (χ4n) is 2.33. The number of hydrogen-bond donors (Lipinski definition) is 1. The quantitative estimate of drug-likeness (QED) is 0.841. The molecule has 2 aromatic rings. The standard InChI is InChI=1S/C19H23NO4/c1-13-5-8-17(14(2)11-13)24-10-9-19(21)20-16-7-6-15(22-3)12-18(16)23-4/h5-8,11-12H,9-10H2,1-4H3,(H,20,21). The van der Waals surface area contributed by atoms with Crippen LogP contribution in [0.15, 0.2) is 36.4 Å². The summed E-state index contributed by atoms with van der Waals surface area (Å²) < 4.78 is 16.1. The second-order valence-corrected chi connectivity index (χ2v) is 5.48. The van der Waals surface area contributed by atoms with Gasteiger partial charge in [-0.05, 0) is 37.6 Å². The second-order valence-electron chi connectivity index (χ2n) is 5.48. The summed E-state index contributed by atoms with van der Waals surface area (Å²) in [6.45, 7) is 4.34. The monoisotopic (exact) mass is 329 g/mol. The Balaban J connectivity index is 1.89. The van der Waals surface area contributed by atoms with Crippen LogP contribution < -0.4 is 19.5 Å². The molecule has 0 fully saturated rings. The van der Waals surface area contributed by atoms with E-state index < -0.39 is 0 Å². The molecule has 128 valence electrons. The Kier molecular flexibility index (Phi) is 6.07. The van der Waals surface area contributed by atoms with E-state index in [9.17, 15) is 4.79 Å².